The summed E-state index contributed by atoms with van der Waals surface area (Å²) in [6.45, 7) is 4.73. The zero-order valence-corrected chi connectivity index (χ0v) is 14.8. The van der Waals surface area contributed by atoms with Crippen molar-refractivity contribution in [3.05, 3.63) is 32.9 Å². The monoisotopic (exact) mass is 373 g/mol. The van der Waals surface area contributed by atoms with E-state index in [1.807, 2.05) is 0 Å². The molecule has 0 spiro atoms. The number of nitrogens with zero attached hydrogens (tertiary/aromatic N) is 3. The molecule has 0 saturated carbocycles. The van der Waals surface area contributed by atoms with Crippen molar-refractivity contribution >= 4 is 10.0 Å². The maximum Gasteiger partial charge on any atom is 0.328 e. The van der Waals surface area contributed by atoms with Crippen LogP contribution in [0.4, 0.5) is 0 Å². The van der Waals surface area contributed by atoms with Crippen molar-refractivity contribution in [3.8, 4) is 11.4 Å². The molecule has 0 bridgehead atoms. The Kier molecular flexibility index (Phi) is 5.25. The zero-order chi connectivity index (χ0) is 18.8. The van der Waals surface area contributed by atoms with Crippen LogP contribution in [0, 0.1) is 0 Å². The molecule has 2 heterocycles. The van der Waals surface area contributed by atoms with Crippen LogP contribution in [0.15, 0.2) is 20.3 Å². The van der Waals surface area contributed by atoms with Gasteiger partial charge in [0.1, 0.15) is 11.3 Å². The highest BCUT2D eigenvalue weighted by atomic mass is 32.2. The fraction of sp³-hybridized carbons (Fsp3) is 0.538. The van der Waals surface area contributed by atoms with Crippen LogP contribution in [0.3, 0.4) is 0 Å². The molecule has 11 nitrogen and oxygen atoms in total. The highest BCUT2D eigenvalue weighted by Crippen LogP contribution is 2.13. The van der Waals surface area contributed by atoms with Gasteiger partial charge in [-0.2, -0.15) is 4.98 Å². The molecule has 2 aromatic rings. The second-order valence-electron chi connectivity index (χ2n) is 6.34. The van der Waals surface area contributed by atoms with Crippen LogP contribution < -0.4 is 16.0 Å². The molecule has 2 rings (SSSR count). The summed E-state index contributed by atoms with van der Waals surface area (Å²) in [5, 5.41) is 12.5. The Hall–Kier alpha value is -2.31. The van der Waals surface area contributed by atoms with Crippen molar-refractivity contribution < 1.29 is 18.0 Å². The van der Waals surface area contributed by atoms with Gasteiger partial charge in [-0.05, 0) is 20.8 Å². The molecule has 3 N–H and O–H groups in total. The normalized spacial score (nSPS) is 12.5. The number of hydrogen-bond donors (Lipinski definition) is 3. The van der Waals surface area contributed by atoms with Gasteiger partial charge in [0.2, 0.25) is 21.7 Å². The minimum Gasteiger partial charge on any atom is -0.395 e. The molecule has 0 aliphatic carbocycles. The Bertz CT molecular complexity index is 966. The third-order valence-corrected chi connectivity index (χ3v) is 4.39. The Morgan fingerprint density at radius 2 is 2.04 bits per heavy atom. The molecule has 0 radical (unpaired) electrons. The summed E-state index contributed by atoms with van der Waals surface area (Å²) in [7, 11) is -3.72. The predicted octanol–water partition coefficient (Wildman–Crippen LogP) is -1.20. The lowest BCUT2D eigenvalue weighted by Crippen LogP contribution is -2.41. The van der Waals surface area contributed by atoms with Crippen LogP contribution in [-0.2, 0) is 22.3 Å². The fourth-order valence-electron chi connectivity index (χ4n) is 2.03. The van der Waals surface area contributed by atoms with Gasteiger partial charge in [-0.25, -0.2) is 17.9 Å². The molecule has 0 unspecified atom stereocenters. The molecule has 0 saturated heterocycles. The van der Waals surface area contributed by atoms with Gasteiger partial charge in [-0.3, -0.25) is 14.3 Å². The van der Waals surface area contributed by atoms with Crippen LogP contribution in [-0.4, -0.2) is 45.4 Å². The fourth-order valence-corrected chi connectivity index (χ4v) is 3.48. The number of sulfonamides is 1. The van der Waals surface area contributed by atoms with Gasteiger partial charge in [0.15, 0.2) is 0 Å². The maximum atomic E-state index is 12.0. The summed E-state index contributed by atoms with van der Waals surface area (Å²) in [6, 6.07) is 0. The third-order valence-electron chi connectivity index (χ3n) is 2.84. The number of aromatic amines is 1. The van der Waals surface area contributed by atoms with E-state index in [9.17, 15) is 18.0 Å². The first-order valence-corrected chi connectivity index (χ1v) is 8.95. The van der Waals surface area contributed by atoms with Crippen molar-refractivity contribution in [2.75, 3.05) is 6.61 Å². The van der Waals surface area contributed by atoms with Crippen molar-refractivity contribution in [2.45, 2.75) is 38.6 Å². The average Bonchev–Trinajstić information content (AvgIpc) is 2.86. The van der Waals surface area contributed by atoms with Crippen LogP contribution >= 0.6 is 0 Å². The zero-order valence-electron chi connectivity index (χ0n) is 13.9. The van der Waals surface area contributed by atoms with E-state index in [0.717, 1.165) is 4.57 Å². The number of H-pyrrole nitrogens is 1. The Labute approximate surface area is 142 Å². The van der Waals surface area contributed by atoms with Crippen molar-refractivity contribution in [1.29, 1.82) is 0 Å². The summed E-state index contributed by atoms with van der Waals surface area (Å²) in [4.78, 5) is 29.4. The molecule has 2 aromatic heterocycles. The number of rotatable bonds is 6. The molecule has 0 fully saturated rings. The van der Waals surface area contributed by atoms with Gasteiger partial charge < -0.3 is 9.63 Å². The van der Waals surface area contributed by atoms with Crippen LogP contribution in [0.1, 0.15) is 26.7 Å². The van der Waals surface area contributed by atoms with E-state index in [2.05, 4.69) is 19.8 Å². The molecule has 12 heteroatoms. The summed E-state index contributed by atoms with van der Waals surface area (Å²) in [5.74, 6) is -0.911. The Morgan fingerprint density at radius 1 is 1.36 bits per heavy atom. The van der Waals surface area contributed by atoms with Gasteiger partial charge in [-0.15, -0.1) is 0 Å². The molecule has 0 atom stereocenters. The number of aromatic nitrogens is 4. The van der Waals surface area contributed by atoms with E-state index in [-0.39, 0.29) is 30.4 Å². The number of nitrogens with one attached hydrogen (secondary N) is 2. The third kappa shape index (κ3) is 5.08. The highest BCUT2D eigenvalue weighted by molar-refractivity contribution is 7.88. The lowest BCUT2D eigenvalue weighted by molar-refractivity contribution is 0.273. The average molecular weight is 373 g/mol. The Morgan fingerprint density at radius 3 is 2.64 bits per heavy atom. The summed E-state index contributed by atoms with van der Waals surface area (Å²) < 4.78 is 32.5. The summed E-state index contributed by atoms with van der Waals surface area (Å²) in [6.07, 6.45) is 1.17. The quantitative estimate of drug-likeness (QED) is 0.569. The van der Waals surface area contributed by atoms with Gasteiger partial charge in [-0.1, -0.05) is 5.16 Å². The van der Waals surface area contributed by atoms with Gasteiger partial charge in [0.25, 0.3) is 5.56 Å². The van der Waals surface area contributed by atoms with E-state index in [1.165, 1.54) is 6.20 Å². The van der Waals surface area contributed by atoms with Gasteiger partial charge in [0.05, 0.1) is 13.2 Å². The number of aliphatic hydroxyl groups is 1. The largest absolute Gasteiger partial charge is 0.395 e. The topological polar surface area (TPSA) is 160 Å². The predicted molar refractivity (Wildman–Crippen MR) is 87.2 cm³/mol. The molecular weight excluding hydrogens is 354 g/mol. The van der Waals surface area contributed by atoms with E-state index in [4.69, 9.17) is 9.63 Å². The first-order chi connectivity index (χ1) is 11.5. The smallest absolute Gasteiger partial charge is 0.328 e. The standard InChI is InChI=1S/C13H19N5O6S/c1-13(2,3)17-25(22,23)7-9-14-10(16-24-9)8-6-18(4-5-19)12(21)15-11(8)20/h6,17,19H,4-5,7H2,1-3H3,(H,15,20,21). The van der Waals surface area contributed by atoms with E-state index in [0.29, 0.717) is 0 Å². The second kappa shape index (κ2) is 6.90. The van der Waals surface area contributed by atoms with Crippen LogP contribution in [0.5, 0.6) is 0 Å². The molecule has 0 aromatic carbocycles. The van der Waals surface area contributed by atoms with Crippen molar-refractivity contribution in [1.82, 2.24) is 24.4 Å². The van der Waals surface area contributed by atoms with Crippen molar-refractivity contribution in [3.63, 3.8) is 0 Å². The SMILES string of the molecule is CC(C)(C)NS(=O)(=O)Cc1nc(-c2cn(CCO)c(=O)[nH]c2=O)no1. The van der Waals surface area contributed by atoms with E-state index < -0.39 is 32.6 Å². The minimum absolute atomic E-state index is 0.0306. The number of hydrogen-bond acceptors (Lipinski definition) is 8. The maximum absolute atomic E-state index is 12.0. The molecule has 0 aliphatic rings. The second-order valence-corrected chi connectivity index (χ2v) is 8.06. The van der Waals surface area contributed by atoms with Crippen LogP contribution in [0.2, 0.25) is 0 Å². The first kappa shape index (κ1) is 19.0. The van der Waals surface area contributed by atoms with Gasteiger partial charge in [0, 0.05) is 11.7 Å². The van der Waals surface area contributed by atoms with Crippen LogP contribution in [0.25, 0.3) is 11.4 Å². The lowest BCUT2D eigenvalue weighted by atomic mass is 10.1. The molecule has 138 valence electrons. The minimum atomic E-state index is -3.72. The molecule has 0 aliphatic heterocycles. The van der Waals surface area contributed by atoms with E-state index in [1.54, 1.807) is 20.8 Å². The summed E-state index contributed by atoms with van der Waals surface area (Å²) in [5.41, 5.74) is -2.19. The summed E-state index contributed by atoms with van der Waals surface area (Å²) >= 11 is 0. The molecule has 0 amide bonds. The molecule has 25 heavy (non-hydrogen) atoms. The Balaban J connectivity index is 2.32. The highest BCUT2D eigenvalue weighted by Gasteiger charge is 2.24. The van der Waals surface area contributed by atoms with Crippen molar-refractivity contribution in [2.24, 2.45) is 0 Å². The first-order valence-electron chi connectivity index (χ1n) is 7.30. The van der Waals surface area contributed by atoms with E-state index >= 15 is 0 Å². The lowest BCUT2D eigenvalue weighted by Gasteiger charge is -2.19. The molecular formula is C13H19N5O6S. The van der Waals surface area contributed by atoms with Gasteiger partial charge >= 0.3 is 5.69 Å². The number of aliphatic hydroxyl groups excluding tert-OH is 1.